The zero-order chi connectivity index (χ0) is 11.4. The van der Waals surface area contributed by atoms with Crippen molar-refractivity contribution in [2.24, 2.45) is 0 Å². The summed E-state index contributed by atoms with van der Waals surface area (Å²) in [5.74, 6) is -0.762. The minimum atomic E-state index is -1.59. The van der Waals surface area contributed by atoms with E-state index in [9.17, 15) is 9.18 Å². The standard InChI is InChI=1S/C11H10ClFO2/c1-7(11(14)15-2)10(13)8-4-3-5-9(12)6-8/h3-6,10H,1H2,2H3/t10-/m1/s1. The first-order valence-corrected chi connectivity index (χ1v) is 4.60. The highest BCUT2D eigenvalue weighted by Gasteiger charge is 2.20. The van der Waals surface area contributed by atoms with Crippen molar-refractivity contribution in [1.29, 1.82) is 0 Å². The molecule has 0 amide bonds. The Hall–Kier alpha value is -1.35. The van der Waals surface area contributed by atoms with E-state index in [-0.39, 0.29) is 11.1 Å². The summed E-state index contributed by atoms with van der Waals surface area (Å²) in [5, 5.41) is 0.410. The zero-order valence-corrected chi connectivity index (χ0v) is 8.92. The van der Waals surface area contributed by atoms with Crippen molar-refractivity contribution in [3.05, 3.63) is 47.0 Å². The summed E-state index contributed by atoms with van der Waals surface area (Å²) in [6.45, 7) is 3.34. The van der Waals surface area contributed by atoms with Gasteiger partial charge in [0.2, 0.25) is 0 Å². The van der Waals surface area contributed by atoms with E-state index in [2.05, 4.69) is 11.3 Å². The van der Waals surface area contributed by atoms with Crippen LogP contribution in [-0.2, 0) is 9.53 Å². The van der Waals surface area contributed by atoms with Crippen LogP contribution in [-0.4, -0.2) is 13.1 Å². The molecule has 1 atom stereocenters. The molecule has 0 aliphatic carbocycles. The molecule has 1 rings (SSSR count). The normalized spacial score (nSPS) is 11.9. The van der Waals surface area contributed by atoms with Crippen LogP contribution < -0.4 is 0 Å². The molecule has 1 aromatic rings. The summed E-state index contributed by atoms with van der Waals surface area (Å²) < 4.78 is 18.1. The first-order valence-electron chi connectivity index (χ1n) is 4.23. The Morgan fingerprint density at radius 1 is 1.60 bits per heavy atom. The maximum absolute atomic E-state index is 13.7. The number of benzene rings is 1. The van der Waals surface area contributed by atoms with Crippen LogP contribution in [0.2, 0.25) is 5.02 Å². The fourth-order valence-corrected chi connectivity index (χ4v) is 1.30. The average Bonchev–Trinajstić information content (AvgIpc) is 2.26. The summed E-state index contributed by atoms with van der Waals surface area (Å²) in [4.78, 5) is 11.0. The smallest absolute Gasteiger partial charge is 0.336 e. The molecular weight excluding hydrogens is 219 g/mol. The predicted molar refractivity (Wildman–Crippen MR) is 56.5 cm³/mol. The molecule has 0 saturated carbocycles. The first kappa shape index (κ1) is 11.7. The van der Waals surface area contributed by atoms with E-state index in [1.54, 1.807) is 12.1 Å². The molecule has 0 N–H and O–H groups in total. The lowest BCUT2D eigenvalue weighted by Crippen LogP contribution is -2.09. The minimum absolute atomic E-state index is 0.236. The van der Waals surface area contributed by atoms with Crippen LogP contribution in [0.15, 0.2) is 36.4 Å². The number of hydrogen-bond donors (Lipinski definition) is 0. The lowest BCUT2D eigenvalue weighted by atomic mass is 10.0. The molecule has 80 valence electrons. The number of esters is 1. The third-order valence-corrected chi connectivity index (χ3v) is 2.13. The molecule has 2 nitrogen and oxygen atoms in total. The molecular formula is C11H10ClFO2. The average molecular weight is 229 g/mol. The monoisotopic (exact) mass is 228 g/mol. The number of rotatable bonds is 3. The Kier molecular flexibility index (Phi) is 3.86. The van der Waals surface area contributed by atoms with E-state index in [0.717, 1.165) is 0 Å². The molecule has 0 aliphatic heterocycles. The second kappa shape index (κ2) is 4.94. The third-order valence-electron chi connectivity index (χ3n) is 1.89. The Balaban J connectivity index is 2.89. The van der Waals surface area contributed by atoms with E-state index in [1.807, 2.05) is 0 Å². The quantitative estimate of drug-likeness (QED) is 0.587. The Bertz CT molecular complexity index is 390. The van der Waals surface area contributed by atoms with Gasteiger partial charge in [0.15, 0.2) is 6.17 Å². The molecule has 0 radical (unpaired) electrons. The second-order valence-corrected chi connectivity index (χ2v) is 3.37. The van der Waals surface area contributed by atoms with Crippen LogP contribution in [0, 0.1) is 0 Å². The van der Waals surface area contributed by atoms with Gasteiger partial charge < -0.3 is 4.74 Å². The summed E-state index contributed by atoms with van der Waals surface area (Å²) in [5.41, 5.74) is 0.0534. The second-order valence-electron chi connectivity index (χ2n) is 2.93. The molecule has 0 unspecified atom stereocenters. The molecule has 0 fully saturated rings. The van der Waals surface area contributed by atoms with Gasteiger partial charge in [0.1, 0.15) is 0 Å². The highest BCUT2D eigenvalue weighted by molar-refractivity contribution is 6.30. The van der Waals surface area contributed by atoms with Crippen molar-refractivity contribution < 1.29 is 13.9 Å². The SMILES string of the molecule is C=C(C(=O)OC)[C@@H](F)c1cccc(Cl)c1. The van der Waals surface area contributed by atoms with Crippen molar-refractivity contribution in [1.82, 2.24) is 0 Å². The van der Waals surface area contributed by atoms with Gasteiger partial charge in [-0.25, -0.2) is 9.18 Å². The number of ether oxygens (including phenoxy) is 1. The topological polar surface area (TPSA) is 26.3 Å². The molecule has 0 bridgehead atoms. The van der Waals surface area contributed by atoms with Gasteiger partial charge in [0, 0.05) is 5.02 Å². The fraction of sp³-hybridized carbons (Fsp3) is 0.182. The molecule has 0 aliphatic rings. The minimum Gasteiger partial charge on any atom is -0.466 e. The third kappa shape index (κ3) is 2.80. The molecule has 4 heteroatoms. The van der Waals surface area contributed by atoms with Gasteiger partial charge in [-0.3, -0.25) is 0 Å². The molecule has 0 saturated heterocycles. The van der Waals surface area contributed by atoms with Crippen molar-refractivity contribution in [2.75, 3.05) is 7.11 Å². The van der Waals surface area contributed by atoms with Gasteiger partial charge in [-0.2, -0.15) is 0 Å². The number of carbonyl (C=O) groups is 1. The summed E-state index contributed by atoms with van der Waals surface area (Å²) in [7, 11) is 1.18. The summed E-state index contributed by atoms with van der Waals surface area (Å²) in [6.07, 6.45) is -1.59. The van der Waals surface area contributed by atoms with Crippen LogP contribution in [0.1, 0.15) is 11.7 Å². The Labute approximate surface area is 92.3 Å². The largest absolute Gasteiger partial charge is 0.466 e. The van der Waals surface area contributed by atoms with Crippen molar-refractivity contribution in [3.63, 3.8) is 0 Å². The van der Waals surface area contributed by atoms with Gasteiger partial charge in [0.25, 0.3) is 0 Å². The Morgan fingerprint density at radius 2 is 2.27 bits per heavy atom. The van der Waals surface area contributed by atoms with Crippen molar-refractivity contribution in [2.45, 2.75) is 6.17 Å². The molecule has 1 aromatic carbocycles. The van der Waals surface area contributed by atoms with E-state index >= 15 is 0 Å². The lowest BCUT2D eigenvalue weighted by molar-refractivity contribution is -0.136. The zero-order valence-electron chi connectivity index (χ0n) is 8.17. The lowest BCUT2D eigenvalue weighted by Gasteiger charge is -2.09. The highest BCUT2D eigenvalue weighted by Crippen LogP contribution is 2.27. The van der Waals surface area contributed by atoms with Crippen LogP contribution in [0.3, 0.4) is 0 Å². The van der Waals surface area contributed by atoms with Crippen LogP contribution >= 0.6 is 11.6 Å². The van der Waals surface area contributed by atoms with Gasteiger partial charge >= 0.3 is 5.97 Å². The molecule has 0 aromatic heterocycles. The van der Waals surface area contributed by atoms with E-state index in [1.165, 1.54) is 19.2 Å². The number of hydrogen-bond acceptors (Lipinski definition) is 2. The highest BCUT2D eigenvalue weighted by atomic mass is 35.5. The van der Waals surface area contributed by atoms with E-state index in [4.69, 9.17) is 11.6 Å². The van der Waals surface area contributed by atoms with Gasteiger partial charge in [-0.05, 0) is 17.7 Å². The molecule has 0 heterocycles. The predicted octanol–water partition coefficient (Wildman–Crippen LogP) is 3.08. The van der Waals surface area contributed by atoms with Crippen LogP contribution in [0.25, 0.3) is 0 Å². The van der Waals surface area contributed by atoms with Crippen LogP contribution in [0.4, 0.5) is 4.39 Å². The van der Waals surface area contributed by atoms with E-state index < -0.39 is 12.1 Å². The summed E-state index contributed by atoms with van der Waals surface area (Å²) >= 11 is 5.69. The van der Waals surface area contributed by atoms with Crippen molar-refractivity contribution >= 4 is 17.6 Å². The van der Waals surface area contributed by atoms with Gasteiger partial charge in [0.05, 0.1) is 12.7 Å². The summed E-state index contributed by atoms with van der Waals surface area (Å²) in [6, 6.07) is 6.21. The van der Waals surface area contributed by atoms with Crippen LogP contribution in [0.5, 0.6) is 0 Å². The number of methoxy groups -OCH3 is 1. The number of alkyl halides is 1. The first-order chi connectivity index (χ1) is 7.06. The van der Waals surface area contributed by atoms with Gasteiger partial charge in [-0.1, -0.05) is 30.3 Å². The molecule has 15 heavy (non-hydrogen) atoms. The molecule has 0 spiro atoms. The maximum atomic E-state index is 13.7. The van der Waals surface area contributed by atoms with Crippen molar-refractivity contribution in [3.8, 4) is 0 Å². The van der Waals surface area contributed by atoms with Gasteiger partial charge in [-0.15, -0.1) is 0 Å². The number of carbonyl (C=O) groups excluding carboxylic acids is 1. The van der Waals surface area contributed by atoms with E-state index in [0.29, 0.717) is 5.02 Å². The Morgan fingerprint density at radius 3 is 2.80 bits per heavy atom. The number of halogens is 2. The maximum Gasteiger partial charge on any atom is 0.336 e. The fourth-order valence-electron chi connectivity index (χ4n) is 1.10.